The van der Waals surface area contributed by atoms with Crippen LogP contribution in [0.5, 0.6) is 0 Å². The summed E-state index contributed by atoms with van der Waals surface area (Å²) in [5.74, 6) is -1.47. The van der Waals surface area contributed by atoms with E-state index in [9.17, 15) is 8.78 Å². The van der Waals surface area contributed by atoms with Crippen molar-refractivity contribution in [3.8, 4) is 0 Å². The third kappa shape index (κ3) is 2.95. The molecule has 2 fully saturated rings. The standard InChI is InChI=1S/C15H19F2NO/c16-13-3-1-2-11(14(13)17)8-15(6-7-19-10-15)9-18-12-4-5-12/h1-3,12,18H,4-10H2. The molecule has 0 spiro atoms. The molecule has 1 unspecified atom stereocenters. The summed E-state index contributed by atoms with van der Waals surface area (Å²) in [6, 6.07) is 5.04. The number of halogens is 2. The van der Waals surface area contributed by atoms with E-state index in [0.717, 1.165) is 13.0 Å². The Hall–Kier alpha value is -1.00. The molecule has 4 heteroatoms. The Morgan fingerprint density at radius 2 is 2.16 bits per heavy atom. The molecule has 2 aliphatic rings. The molecule has 0 amide bonds. The van der Waals surface area contributed by atoms with Crippen molar-refractivity contribution in [3.63, 3.8) is 0 Å². The summed E-state index contributed by atoms with van der Waals surface area (Å²) in [6.45, 7) is 2.17. The van der Waals surface area contributed by atoms with Crippen LogP contribution < -0.4 is 5.32 Å². The van der Waals surface area contributed by atoms with Crippen LogP contribution in [0.15, 0.2) is 18.2 Å². The van der Waals surface area contributed by atoms with Crippen LogP contribution in [0.3, 0.4) is 0 Å². The van der Waals surface area contributed by atoms with Crippen LogP contribution in [0, 0.1) is 17.0 Å². The molecule has 3 rings (SSSR count). The quantitative estimate of drug-likeness (QED) is 0.885. The highest BCUT2D eigenvalue weighted by atomic mass is 19.2. The first-order chi connectivity index (χ1) is 9.19. The van der Waals surface area contributed by atoms with Crippen LogP contribution >= 0.6 is 0 Å². The second kappa shape index (κ2) is 5.17. The normalized spacial score (nSPS) is 26.8. The van der Waals surface area contributed by atoms with Gasteiger partial charge in [-0.05, 0) is 37.3 Å². The highest BCUT2D eigenvalue weighted by Gasteiger charge is 2.37. The first-order valence-electron chi connectivity index (χ1n) is 6.93. The Kier molecular flexibility index (Phi) is 3.54. The number of benzene rings is 1. The summed E-state index contributed by atoms with van der Waals surface area (Å²) >= 11 is 0. The van der Waals surface area contributed by atoms with Crippen molar-refractivity contribution in [1.29, 1.82) is 0 Å². The summed E-state index contributed by atoms with van der Waals surface area (Å²) in [7, 11) is 0. The van der Waals surface area contributed by atoms with Crippen molar-refractivity contribution in [2.75, 3.05) is 19.8 Å². The summed E-state index contributed by atoms with van der Waals surface area (Å²) < 4.78 is 32.6. The number of hydrogen-bond acceptors (Lipinski definition) is 2. The van der Waals surface area contributed by atoms with E-state index in [2.05, 4.69) is 5.32 Å². The molecule has 1 N–H and O–H groups in total. The highest BCUT2D eigenvalue weighted by Crippen LogP contribution is 2.34. The highest BCUT2D eigenvalue weighted by molar-refractivity contribution is 5.21. The molecule has 104 valence electrons. The van der Waals surface area contributed by atoms with E-state index in [1.54, 1.807) is 12.1 Å². The van der Waals surface area contributed by atoms with Gasteiger partial charge < -0.3 is 10.1 Å². The van der Waals surface area contributed by atoms with Crippen molar-refractivity contribution < 1.29 is 13.5 Å². The fraction of sp³-hybridized carbons (Fsp3) is 0.600. The second-order valence-corrected chi connectivity index (χ2v) is 5.85. The third-order valence-electron chi connectivity index (χ3n) is 4.13. The van der Waals surface area contributed by atoms with E-state index >= 15 is 0 Å². The molecule has 1 aromatic carbocycles. The van der Waals surface area contributed by atoms with E-state index in [0.29, 0.717) is 31.2 Å². The van der Waals surface area contributed by atoms with Gasteiger partial charge in [0.25, 0.3) is 0 Å². The van der Waals surface area contributed by atoms with Gasteiger partial charge in [-0.2, -0.15) is 0 Å². The monoisotopic (exact) mass is 267 g/mol. The van der Waals surface area contributed by atoms with E-state index in [1.165, 1.54) is 18.9 Å². The van der Waals surface area contributed by atoms with Crippen LogP contribution in [0.4, 0.5) is 8.78 Å². The van der Waals surface area contributed by atoms with Gasteiger partial charge in [0.2, 0.25) is 0 Å². The molecule has 0 radical (unpaired) electrons. The van der Waals surface area contributed by atoms with Crippen LogP contribution in [0.2, 0.25) is 0 Å². The van der Waals surface area contributed by atoms with Crippen LogP contribution in [0.1, 0.15) is 24.8 Å². The van der Waals surface area contributed by atoms with Gasteiger partial charge >= 0.3 is 0 Å². The molecule has 0 bridgehead atoms. The maximum Gasteiger partial charge on any atom is 0.162 e. The molecule has 1 atom stereocenters. The summed E-state index contributed by atoms with van der Waals surface area (Å²) in [5, 5.41) is 3.50. The van der Waals surface area contributed by atoms with Gasteiger partial charge in [0.1, 0.15) is 0 Å². The molecule has 1 heterocycles. The van der Waals surface area contributed by atoms with Crippen LogP contribution in [-0.2, 0) is 11.2 Å². The van der Waals surface area contributed by atoms with Gasteiger partial charge in [-0.3, -0.25) is 0 Å². The zero-order valence-electron chi connectivity index (χ0n) is 10.9. The van der Waals surface area contributed by atoms with Crippen molar-refractivity contribution in [2.24, 2.45) is 5.41 Å². The van der Waals surface area contributed by atoms with E-state index in [-0.39, 0.29) is 5.41 Å². The van der Waals surface area contributed by atoms with E-state index in [1.807, 2.05) is 0 Å². The first-order valence-corrected chi connectivity index (χ1v) is 6.93. The Balaban J connectivity index is 1.74. The molecule has 1 aliphatic carbocycles. The predicted molar refractivity (Wildman–Crippen MR) is 69.0 cm³/mol. The lowest BCUT2D eigenvalue weighted by Gasteiger charge is -2.28. The average molecular weight is 267 g/mol. The molecular weight excluding hydrogens is 248 g/mol. The molecule has 0 aromatic heterocycles. The van der Waals surface area contributed by atoms with Crippen molar-refractivity contribution in [2.45, 2.75) is 31.7 Å². The zero-order valence-corrected chi connectivity index (χ0v) is 10.9. The molecule has 2 nitrogen and oxygen atoms in total. The van der Waals surface area contributed by atoms with Gasteiger partial charge in [0.15, 0.2) is 11.6 Å². The molecule has 1 saturated heterocycles. The van der Waals surface area contributed by atoms with Crippen molar-refractivity contribution in [1.82, 2.24) is 5.32 Å². The Morgan fingerprint density at radius 1 is 1.32 bits per heavy atom. The zero-order chi connectivity index (χ0) is 13.3. The maximum absolute atomic E-state index is 13.8. The molecule has 1 aromatic rings. The summed E-state index contributed by atoms with van der Waals surface area (Å²) in [4.78, 5) is 0. The van der Waals surface area contributed by atoms with Gasteiger partial charge in [-0.25, -0.2) is 8.78 Å². The summed E-state index contributed by atoms with van der Waals surface area (Å²) in [5.41, 5.74) is 0.375. The van der Waals surface area contributed by atoms with E-state index < -0.39 is 11.6 Å². The first kappa shape index (κ1) is 13.0. The third-order valence-corrected chi connectivity index (χ3v) is 4.13. The minimum absolute atomic E-state index is 0.0861. The fourth-order valence-corrected chi connectivity index (χ4v) is 2.73. The number of rotatable bonds is 5. The van der Waals surface area contributed by atoms with Crippen molar-refractivity contribution in [3.05, 3.63) is 35.4 Å². The van der Waals surface area contributed by atoms with Crippen LogP contribution in [-0.4, -0.2) is 25.8 Å². The second-order valence-electron chi connectivity index (χ2n) is 5.85. The Labute approximate surface area is 112 Å². The molecule has 1 saturated carbocycles. The number of hydrogen-bond donors (Lipinski definition) is 1. The van der Waals surface area contributed by atoms with Gasteiger partial charge in [-0.15, -0.1) is 0 Å². The topological polar surface area (TPSA) is 21.3 Å². The fourth-order valence-electron chi connectivity index (χ4n) is 2.73. The van der Waals surface area contributed by atoms with Crippen molar-refractivity contribution >= 4 is 0 Å². The van der Waals surface area contributed by atoms with Crippen LogP contribution in [0.25, 0.3) is 0 Å². The summed E-state index contributed by atoms with van der Waals surface area (Å²) in [6.07, 6.45) is 3.90. The predicted octanol–water partition coefficient (Wildman–Crippen LogP) is 2.67. The lowest BCUT2D eigenvalue weighted by molar-refractivity contribution is 0.148. The largest absolute Gasteiger partial charge is 0.381 e. The number of ether oxygens (including phenoxy) is 1. The minimum Gasteiger partial charge on any atom is -0.381 e. The number of nitrogens with one attached hydrogen (secondary N) is 1. The van der Waals surface area contributed by atoms with Gasteiger partial charge in [0, 0.05) is 24.6 Å². The maximum atomic E-state index is 13.8. The average Bonchev–Trinajstić information content (AvgIpc) is 3.13. The SMILES string of the molecule is Fc1cccc(CC2(CNC3CC3)CCOC2)c1F. The van der Waals surface area contributed by atoms with Gasteiger partial charge in [0.05, 0.1) is 6.61 Å². The van der Waals surface area contributed by atoms with Gasteiger partial charge in [-0.1, -0.05) is 12.1 Å². The Morgan fingerprint density at radius 3 is 2.84 bits per heavy atom. The molecular formula is C15H19F2NO. The minimum atomic E-state index is -0.762. The molecule has 1 aliphatic heterocycles. The van der Waals surface area contributed by atoms with E-state index in [4.69, 9.17) is 4.74 Å². The molecule has 19 heavy (non-hydrogen) atoms. The lowest BCUT2D eigenvalue weighted by Crippen LogP contribution is -2.38. The lowest BCUT2D eigenvalue weighted by atomic mass is 9.80. The Bertz CT molecular complexity index is 453. The smallest absolute Gasteiger partial charge is 0.162 e.